The molecule has 98 valence electrons. The summed E-state index contributed by atoms with van der Waals surface area (Å²) < 4.78 is 5.08. The van der Waals surface area contributed by atoms with Gasteiger partial charge in [-0.2, -0.15) is 0 Å². The van der Waals surface area contributed by atoms with E-state index in [1.54, 1.807) is 0 Å². The SMILES string of the molecule is CC(N)(COc1c(Cl)cccc1[N+](=O)[O-])C(=O)O. The number of nitro groups is 1. The van der Waals surface area contributed by atoms with Crippen molar-refractivity contribution in [3.8, 4) is 5.75 Å². The van der Waals surface area contributed by atoms with Crippen LogP contribution in [0.25, 0.3) is 0 Å². The molecule has 1 unspecified atom stereocenters. The number of carbonyl (C=O) groups is 1. The van der Waals surface area contributed by atoms with E-state index >= 15 is 0 Å². The number of nitrogens with zero attached hydrogens (tertiary/aromatic N) is 1. The first-order valence-corrected chi connectivity index (χ1v) is 5.21. The van der Waals surface area contributed by atoms with Gasteiger partial charge in [-0.15, -0.1) is 0 Å². The normalized spacial score (nSPS) is 13.7. The van der Waals surface area contributed by atoms with Crippen molar-refractivity contribution < 1.29 is 19.6 Å². The smallest absolute Gasteiger partial charge is 0.326 e. The lowest BCUT2D eigenvalue weighted by atomic mass is 10.1. The molecule has 0 spiro atoms. The minimum Gasteiger partial charge on any atom is -0.483 e. The highest BCUT2D eigenvalue weighted by atomic mass is 35.5. The second kappa shape index (κ2) is 5.19. The predicted octanol–water partition coefficient (Wildman–Crippen LogP) is 1.43. The molecule has 0 heterocycles. The second-order valence-electron chi connectivity index (χ2n) is 3.86. The van der Waals surface area contributed by atoms with Crippen LogP contribution < -0.4 is 10.5 Å². The van der Waals surface area contributed by atoms with Crippen LogP contribution in [0.3, 0.4) is 0 Å². The summed E-state index contributed by atoms with van der Waals surface area (Å²) in [5.74, 6) is -1.47. The minimum atomic E-state index is -1.66. The van der Waals surface area contributed by atoms with Crippen molar-refractivity contribution in [3.63, 3.8) is 0 Å². The third-order valence-electron chi connectivity index (χ3n) is 2.15. The standard InChI is InChI=1S/C10H11ClN2O5/c1-10(12,9(14)15)5-18-8-6(11)3-2-4-7(8)13(16)17/h2-4H,5,12H2,1H3,(H,14,15). The summed E-state index contributed by atoms with van der Waals surface area (Å²) >= 11 is 5.76. The quantitative estimate of drug-likeness (QED) is 0.620. The number of carboxylic acid groups (broad SMARTS) is 1. The molecule has 1 aromatic carbocycles. The first kappa shape index (κ1) is 14.2. The number of nitro benzene ring substituents is 1. The van der Waals surface area contributed by atoms with Crippen LogP contribution in [0.4, 0.5) is 5.69 Å². The number of carboxylic acids is 1. The molecule has 7 nitrogen and oxygen atoms in total. The van der Waals surface area contributed by atoms with Crippen molar-refractivity contribution >= 4 is 23.3 Å². The molecule has 3 N–H and O–H groups in total. The third kappa shape index (κ3) is 3.08. The summed E-state index contributed by atoms with van der Waals surface area (Å²) in [6.45, 7) is 0.797. The van der Waals surface area contributed by atoms with Crippen LogP contribution in [0.2, 0.25) is 5.02 Å². The molecule has 1 rings (SSSR count). The van der Waals surface area contributed by atoms with E-state index in [1.165, 1.54) is 25.1 Å². The van der Waals surface area contributed by atoms with Crippen LogP contribution in [-0.4, -0.2) is 28.1 Å². The van der Waals surface area contributed by atoms with Crippen molar-refractivity contribution in [1.29, 1.82) is 0 Å². The molecule has 0 saturated heterocycles. The lowest BCUT2D eigenvalue weighted by Crippen LogP contribution is -2.50. The van der Waals surface area contributed by atoms with Gasteiger partial charge in [0.05, 0.1) is 9.95 Å². The fourth-order valence-electron chi connectivity index (χ4n) is 1.07. The van der Waals surface area contributed by atoms with Gasteiger partial charge in [-0.25, -0.2) is 0 Å². The van der Waals surface area contributed by atoms with Crippen molar-refractivity contribution in [3.05, 3.63) is 33.3 Å². The van der Waals surface area contributed by atoms with Crippen LogP contribution in [0.5, 0.6) is 5.75 Å². The monoisotopic (exact) mass is 274 g/mol. The molecule has 1 atom stereocenters. The molecule has 0 radical (unpaired) electrons. The molecule has 0 aliphatic rings. The van der Waals surface area contributed by atoms with E-state index in [0.717, 1.165) is 0 Å². The summed E-state index contributed by atoms with van der Waals surface area (Å²) in [5.41, 5.74) is 3.44. The van der Waals surface area contributed by atoms with Gasteiger partial charge in [-0.1, -0.05) is 17.7 Å². The Labute approximate surface area is 107 Å². The molecular weight excluding hydrogens is 264 g/mol. The van der Waals surface area contributed by atoms with Crippen molar-refractivity contribution in [2.45, 2.75) is 12.5 Å². The van der Waals surface area contributed by atoms with E-state index in [0.29, 0.717) is 0 Å². The number of benzene rings is 1. The van der Waals surface area contributed by atoms with Gasteiger partial charge >= 0.3 is 11.7 Å². The highest BCUT2D eigenvalue weighted by molar-refractivity contribution is 6.32. The summed E-state index contributed by atoms with van der Waals surface area (Å²) in [4.78, 5) is 20.9. The van der Waals surface area contributed by atoms with Gasteiger partial charge in [-0.3, -0.25) is 14.9 Å². The lowest BCUT2D eigenvalue weighted by molar-refractivity contribution is -0.385. The van der Waals surface area contributed by atoms with E-state index in [-0.39, 0.29) is 16.5 Å². The first-order valence-electron chi connectivity index (χ1n) is 4.83. The molecular formula is C10H11ClN2O5. The Kier molecular flexibility index (Phi) is 4.10. The van der Waals surface area contributed by atoms with E-state index in [4.69, 9.17) is 27.2 Å². The summed E-state index contributed by atoms with van der Waals surface area (Å²) in [5, 5.41) is 19.6. The maximum atomic E-state index is 10.8. The Balaban J connectivity index is 2.98. The Bertz CT molecular complexity index is 489. The number of hydrogen-bond acceptors (Lipinski definition) is 5. The Morgan fingerprint density at radius 3 is 2.78 bits per heavy atom. The largest absolute Gasteiger partial charge is 0.483 e. The topological polar surface area (TPSA) is 116 Å². The molecule has 18 heavy (non-hydrogen) atoms. The summed E-state index contributed by atoms with van der Waals surface area (Å²) in [7, 11) is 0. The fourth-order valence-corrected chi connectivity index (χ4v) is 1.29. The van der Waals surface area contributed by atoms with Gasteiger partial charge in [-0.05, 0) is 13.0 Å². The van der Waals surface area contributed by atoms with Crippen LogP contribution >= 0.6 is 11.6 Å². The number of aliphatic carboxylic acids is 1. The summed E-state index contributed by atoms with van der Waals surface area (Å²) in [6.07, 6.45) is 0. The van der Waals surface area contributed by atoms with Gasteiger partial charge < -0.3 is 15.6 Å². The highest BCUT2D eigenvalue weighted by Crippen LogP contribution is 2.34. The van der Waals surface area contributed by atoms with Gasteiger partial charge in [0.25, 0.3) is 0 Å². The van der Waals surface area contributed by atoms with E-state index in [2.05, 4.69) is 0 Å². The molecule has 0 bridgehead atoms. The Hall–Kier alpha value is -1.86. The van der Waals surface area contributed by atoms with Crippen molar-refractivity contribution in [1.82, 2.24) is 0 Å². The minimum absolute atomic E-state index is 0.0189. The zero-order valence-electron chi connectivity index (χ0n) is 9.42. The van der Waals surface area contributed by atoms with E-state index in [1.807, 2.05) is 0 Å². The fraction of sp³-hybridized carbons (Fsp3) is 0.300. The molecule has 0 saturated carbocycles. The van der Waals surface area contributed by atoms with Crippen LogP contribution in [0, 0.1) is 10.1 Å². The number of hydrogen-bond donors (Lipinski definition) is 2. The van der Waals surface area contributed by atoms with Crippen LogP contribution in [-0.2, 0) is 4.79 Å². The first-order chi connectivity index (χ1) is 8.25. The van der Waals surface area contributed by atoms with Crippen molar-refractivity contribution in [2.24, 2.45) is 5.73 Å². The number of rotatable bonds is 5. The third-order valence-corrected chi connectivity index (χ3v) is 2.45. The van der Waals surface area contributed by atoms with Gasteiger partial charge in [0.1, 0.15) is 12.1 Å². The molecule has 0 amide bonds. The number of halogens is 1. The van der Waals surface area contributed by atoms with Gasteiger partial charge in [0.15, 0.2) is 0 Å². The van der Waals surface area contributed by atoms with E-state index in [9.17, 15) is 14.9 Å². The predicted molar refractivity (Wildman–Crippen MR) is 63.8 cm³/mol. The average molecular weight is 275 g/mol. The maximum absolute atomic E-state index is 10.8. The average Bonchev–Trinajstić information content (AvgIpc) is 2.26. The second-order valence-corrected chi connectivity index (χ2v) is 4.26. The molecule has 0 aliphatic carbocycles. The number of ether oxygens (including phenoxy) is 1. The molecule has 0 aliphatic heterocycles. The molecule has 0 fully saturated rings. The van der Waals surface area contributed by atoms with Crippen LogP contribution in [0.15, 0.2) is 18.2 Å². The molecule has 8 heteroatoms. The summed E-state index contributed by atoms with van der Waals surface area (Å²) in [6, 6.07) is 4.00. The lowest BCUT2D eigenvalue weighted by Gasteiger charge is -2.19. The number of para-hydroxylation sites is 1. The zero-order valence-corrected chi connectivity index (χ0v) is 10.2. The Morgan fingerprint density at radius 1 is 1.67 bits per heavy atom. The van der Waals surface area contributed by atoms with Crippen molar-refractivity contribution in [2.75, 3.05) is 6.61 Å². The molecule has 1 aromatic rings. The zero-order chi connectivity index (χ0) is 13.9. The van der Waals surface area contributed by atoms with Gasteiger partial charge in [0, 0.05) is 6.07 Å². The molecule has 0 aromatic heterocycles. The number of nitrogens with two attached hydrogens (primary N) is 1. The Morgan fingerprint density at radius 2 is 2.28 bits per heavy atom. The van der Waals surface area contributed by atoms with E-state index < -0.39 is 23.0 Å². The maximum Gasteiger partial charge on any atom is 0.326 e. The highest BCUT2D eigenvalue weighted by Gasteiger charge is 2.30. The van der Waals surface area contributed by atoms with Gasteiger partial charge in [0.2, 0.25) is 5.75 Å². The van der Waals surface area contributed by atoms with Crippen LogP contribution in [0.1, 0.15) is 6.92 Å².